The van der Waals surface area contributed by atoms with Crippen LogP contribution in [0.1, 0.15) is 26.7 Å². The monoisotopic (exact) mass is 534 g/mol. The molecule has 6 nitrogen and oxygen atoms in total. The quantitative estimate of drug-likeness (QED) is 0.118. The van der Waals surface area contributed by atoms with Crippen molar-refractivity contribution in [1.82, 2.24) is 0 Å². The number of rotatable bonds is 13. The number of carbonyl (C=O) groups excluding carboxylic acids is 1. The fraction of sp³-hybridized carbons (Fsp3) is 0.739. The first-order valence-electron chi connectivity index (χ1n) is 11.7. The van der Waals surface area contributed by atoms with Crippen LogP contribution in [-0.4, -0.2) is 56.9 Å². The molecule has 0 rings (SSSR count). The zero-order chi connectivity index (χ0) is 26.7. The average molecular weight is 535 g/mol. The van der Waals surface area contributed by atoms with Crippen LogP contribution >= 0.6 is 0 Å². The number of allylic oxidation sites excluding steroid dienone is 1. The molecule has 0 spiro atoms. The molecule has 0 saturated heterocycles. The van der Waals surface area contributed by atoms with E-state index in [1.807, 2.05) is 0 Å². The van der Waals surface area contributed by atoms with Gasteiger partial charge in [0, 0.05) is 11.1 Å². The smallest absolute Gasteiger partial charge is 0.333 e. The predicted molar refractivity (Wildman–Crippen MR) is 150 cm³/mol. The van der Waals surface area contributed by atoms with Crippen molar-refractivity contribution in [2.45, 2.75) is 104 Å². The summed E-state index contributed by atoms with van der Waals surface area (Å²) >= 11 is 0. The van der Waals surface area contributed by atoms with Gasteiger partial charge < -0.3 is 18.1 Å². The highest BCUT2D eigenvalue weighted by Gasteiger charge is 2.29. The first kappa shape index (κ1) is 34.4. The Labute approximate surface area is 207 Å². The van der Waals surface area contributed by atoms with Crippen molar-refractivity contribution in [3.05, 3.63) is 23.8 Å². The third kappa shape index (κ3) is 22.8. The van der Waals surface area contributed by atoms with E-state index in [9.17, 15) is 9.59 Å². The number of aliphatic carboxylic acids is 1. The Bertz CT molecular complexity index is 673. The zero-order valence-corrected chi connectivity index (χ0v) is 27.3. The molecule has 0 radical (unpaired) electrons. The highest BCUT2D eigenvalue weighted by atomic mass is 28.4. The molecule has 33 heavy (non-hydrogen) atoms. The van der Waals surface area contributed by atoms with Gasteiger partial charge in [-0.3, -0.25) is 0 Å². The first-order valence-corrected chi connectivity index (χ1v) is 24.7. The molecule has 10 heteroatoms. The third-order valence-electron chi connectivity index (χ3n) is 4.16. The average Bonchev–Trinajstić information content (AvgIpc) is 2.55. The second kappa shape index (κ2) is 14.6. The number of hydrogen-bond acceptors (Lipinski definition) is 5. The molecule has 0 aliphatic carbocycles. The Hall–Kier alpha value is -0.792. The molecule has 0 unspecified atom stereocenters. The molecular weight excluding hydrogens is 485 g/mol. The molecule has 0 fully saturated rings. The van der Waals surface area contributed by atoms with Crippen molar-refractivity contribution in [3.8, 4) is 0 Å². The van der Waals surface area contributed by atoms with E-state index in [0.29, 0.717) is 17.8 Å². The summed E-state index contributed by atoms with van der Waals surface area (Å²) in [7, 11) is -6.20. The molecule has 0 atom stereocenters. The summed E-state index contributed by atoms with van der Waals surface area (Å²) in [5.74, 6) is -1.13. The molecule has 0 heterocycles. The van der Waals surface area contributed by atoms with Gasteiger partial charge in [0.2, 0.25) is 0 Å². The van der Waals surface area contributed by atoms with Gasteiger partial charge in [-0.05, 0) is 97.8 Å². The maximum absolute atomic E-state index is 11.2. The second-order valence-corrected chi connectivity index (χ2v) is 29.7. The van der Waals surface area contributed by atoms with E-state index < -0.39 is 39.2 Å². The summed E-state index contributed by atoms with van der Waals surface area (Å²) in [6.07, 6.45) is 3.76. The van der Waals surface area contributed by atoms with E-state index >= 15 is 0 Å². The molecule has 0 aromatic heterocycles. The van der Waals surface area contributed by atoms with Crippen molar-refractivity contribution >= 4 is 45.2 Å². The van der Waals surface area contributed by atoms with Gasteiger partial charge in [-0.2, -0.15) is 0 Å². The third-order valence-corrected chi connectivity index (χ3v) is 16.2. The van der Waals surface area contributed by atoms with Crippen LogP contribution in [0.25, 0.3) is 0 Å². The van der Waals surface area contributed by atoms with Gasteiger partial charge in [-0.15, -0.1) is 0 Å². The summed E-state index contributed by atoms with van der Waals surface area (Å²) < 4.78 is 17.4. The van der Waals surface area contributed by atoms with E-state index in [1.165, 1.54) is 0 Å². The van der Waals surface area contributed by atoms with Crippen LogP contribution in [-0.2, 0) is 22.6 Å². The highest BCUT2D eigenvalue weighted by Crippen LogP contribution is 2.21. The van der Waals surface area contributed by atoms with Crippen molar-refractivity contribution in [1.29, 1.82) is 0 Å². The minimum absolute atomic E-state index is 0.287. The number of carbonyl (C=O) groups is 2. The van der Waals surface area contributed by atoms with Gasteiger partial charge in [-0.1, -0.05) is 19.1 Å². The summed E-state index contributed by atoms with van der Waals surface area (Å²) in [6.45, 7) is 29.3. The second-order valence-electron chi connectivity index (χ2n) is 11.7. The van der Waals surface area contributed by atoms with E-state index in [1.54, 1.807) is 19.9 Å². The first-order chi connectivity index (χ1) is 14.6. The van der Waals surface area contributed by atoms with Crippen molar-refractivity contribution < 1.29 is 27.7 Å². The lowest BCUT2D eigenvalue weighted by Gasteiger charge is -2.31. The minimum Gasteiger partial charge on any atom is -0.478 e. The Morgan fingerprint density at radius 1 is 0.818 bits per heavy atom. The van der Waals surface area contributed by atoms with E-state index in [2.05, 4.69) is 72.0 Å². The van der Waals surface area contributed by atoms with Gasteiger partial charge in [-0.25, -0.2) is 9.59 Å². The Balaban J connectivity index is 0. The Morgan fingerprint density at radius 2 is 1.27 bits per heavy atom. The number of ether oxygens (including phenoxy) is 1. The summed E-state index contributed by atoms with van der Waals surface area (Å²) in [6, 6.07) is 1.90. The largest absolute Gasteiger partial charge is 0.478 e. The number of carboxylic acid groups (broad SMARTS) is 1. The fourth-order valence-corrected chi connectivity index (χ4v) is 19.1. The van der Waals surface area contributed by atoms with Crippen molar-refractivity contribution in [2.24, 2.45) is 0 Å². The van der Waals surface area contributed by atoms with Crippen LogP contribution in [0.5, 0.6) is 0 Å². The standard InChI is InChI=1S/C13H28O3Si2.C10H22O3Si2/c1-12(2)13(14)15-10-8-9-11-18(6,7)16-17(3,4)5;1-9(10(11)12)7-8-15(5,6)13-14(2,3)4/h1,8-11H2,2-7H3;7H,8H2,1-6H3,(H,11,12). The number of carboxylic acids is 1. The van der Waals surface area contributed by atoms with E-state index in [0.717, 1.165) is 24.9 Å². The van der Waals surface area contributed by atoms with Gasteiger partial charge in [0.15, 0.2) is 33.3 Å². The summed E-state index contributed by atoms with van der Waals surface area (Å²) in [5, 5.41) is 8.73. The number of unbranched alkanes of at least 4 members (excludes halogenated alkanes) is 1. The van der Waals surface area contributed by atoms with Gasteiger partial charge in [0.1, 0.15) is 0 Å². The van der Waals surface area contributed by atoms with Crippen LogP contribution in [0.4, 0.5) is 0 Å². The molecule has 0 amide bonds. The maximum Gasteiger partial charge on any atom is 0.333 e. The van der Waals surface area contributed by atoms with E-state index in [-0.39, 0.29) is 5.97 Å². The highest BCUT2D eigenvalue weighted by molar-refractivity contribution is 6.85. The zero-order valence-electron chi connectivity index (χ0n) is 23.3. The summed E-state index contributed by atoms with van der Waals surface area (Å²) in [5.41, 5.74) is 0.876. The molecular formula is C23H50O6Si4. The molecule has 0 aromatic rings. The van der Waals surface area contributed by atoms with Crippen LogP contribution in [0, 0.1) is 0 Å². The Morgan fingerprint density at radius 3 is 1.67 bits per heavy atom. The molecule has 0 aliphatic heterocycles. The van der Waals surface area contributed by atoms with Crippen LogP contribution < -0.4 is 0 Å². The molecule has 1 N–H and O–H groups in total. The Kier molecular flexibility index (Phi) is 15.2. The van der Waals surface area contributed by atoms with Crippen molar-refractivity contribution in [2.75, 3.05) is 6.61 Å². The maximum atomic E-state index is 11.2. The minimum atomic E-state index is -1.73. The van der Waals surface area contributed by atoms with Gasteiger partial charge >= 0.3 is 11.9 Å². The molecule has 0 aliphatic rings. The normalized spacial score (nSPS) is 13.2. The van der Waals surface area contributed by atoms with Gasteiger partial charge in [0.25, 0.3) is 0 Å². The van der Waals surface area contributed by atoms with Crippen LogP contribution in [0.2, 0.25) is 77.6 Å². The van der Waals surface area contributed by atoms with E-state index in [4.69, 9.17) is 18.1 Å². The lowest BCUT2D eigenvalue weighted by molar-refractivity contribution is -0.139. The fourth-order valence-electron chi connectivity index (χ4n) is 3.18. The predicted octanol–water partition coefficient (Wildman–Crippen LogP) is 7.02. The molecule has 0 bridgehead atoms. The topological polar surface area (TPSA) is 82.1 Å². The summed E-state index contributed by atoms with van der Waals surface area (Å²) in [4.78, 5) is 21.8. The van der Waals surface area contributed by atoms with Crippen LogP contribution in [0.15, 0.2) is 23.8 Å². The van der Waals surface area contributed by atoms with Crippen LogP contribution in [0.3, 0.4) is 0 Å². The molecule has 194 valence electrons. The lowest BCUT2D eigenvalue weighted by atomic mass is 10.3. The molecule has 0 saturated carbocycles. The number of esters is 1. The van der Waals surface area contributed by atoms with Gasteiger partial charge in [0.05, 0.1) is 6.61 Å². The SMILES string of the molecule is C=C(C)C(=O)OCCCC[Si](C)(C)O[Si](C)(C)C.CC(=CC[Si](C)(C)O[Si](C)(C)C)C(=O)O. The lowest BCUT2D eigenvalue weighted by Crippen LogP contribution is -2.42. The molecule has 0 aromatic carbocycles. The number of hydrogen-bond donors (Lipinski definition) is 1. The van der Waals surface area contributed by atoms with Crippen molar-refractivity contribution in [3.63, 3.8) is 0 Å².